The Morgan fingerprint density at radius 3 is 2.37 bits per heavy atom. The summed E-state index contributed by atoms with van der Waals surface area (Å²) in [6.45, 7) is 2.13. The van der Waals surface area contributed by atoms with Crippen molar-refractivity contribution in [2.45, 2.75) is 88.2 Å². The Hall–Kier alpha value is -4.19. The molecule has 0 spiro atoms. The van der Waals surface area contributed by atoms with Crippen LogP contribution in [0.15, 0.2) is 54.2 Å². The van der Waals surface area contributed by atoms with Crippen LogP contribution in [0.2, 0.25) is 0 Å². The van der Waals surface area contributed by atoms with Gasteiger partial charge in [0.2, 0.25) is 21.5 Å². The first-order chi connectivity index (χ1) is 25.3. The number of hydrogen-bond donors (Lipinski definition) is 1. The lowest BCUT2D eigenvalue weighted by Crippen LogP contribution is -2.68. The van der Waals surface area contributed by atoms with E-state index in [1.807, 2.05) is 22.9 Å². The summed E-state index contributed by atoms with van der Waals surface area (Å²) in [6, 6.07) is 7.72. The second-order valence-corrected chi connectivity index (χ2v) is 16.2. The van der Waals surface area contributed by atoms with E-state index in [1.165, 1.54) is 9.80 Å². The molecule has 10 nitrogen and oxygen atoms in total. The van der Waals surface area contributed by atoms with Crippen LogP contribution in [0.1, 0.15) is 89.7 Å². The van der Waals surface area contributed by atoms with Crippen LogP contribution in [0.25, 0.3) is 0 Å². The minimum absolute atomic E-state index is 0.00501. The second kappa shape index (κ2) is 16.3. The number of aryl methyl sites for hydroxylation is 1. The number of alkyl halides is 6. The average molecular weight is 803 g/mol. The predicted molar refractivity (Wildman–Crippen MR) is 187 cm³/mol. The molecule has 2 aliphatic heterocycles. The van der Waals surface area contributed by atoms with Crippen LogP contribution >= 0.6 is 11.3 Å². The van der Waals surface area contributed by atoms with E-state index in [4.69, 9.17) is 4.74 Å². The molecule has 2 aromatic heterocycles. The number of nitrogens with zero attached hydrogens (tertiary/aromatic N) is 3. The topological polar surface area (TPSA) is 126 Å². The molecule has 2 aliphatic rings. The molecule has 2 saturated heterocycles. The third kappa shape index (κ3) is 9.36. The van der Waals surface area contributed by atoms with Gasteiger partial charge in [-0.15, -0.1) is 11.3 Å². The monoisotopic (exact) mass is 802 g/mol. The number of thiophene rings is 1. The third-order valence-electron chi connectivity index (χ3n) is 9.76. The van der Waals surface area contributed by atoms with Gasteiger partial charge in [-0.25, -0.2) is 8.42 Å². The number of carbonyl (C=O) groups is 3. The van der Waals surface area contributed by atoms with Gasteiger partial charge in [-0.05, 0) is 55.2 Å². The first-order valence-corrected chi connectivity index (χ1v) is 20.2. The maximum absolute atomic E-state index is 14.9. The Labute approximate surface area is 312 Å². The fourth-order valence-corrected chi connectivity index (χ4v) is 8.62. The zero-order valence-corrected chi connectivity index (χ0v) is 31.1. The van der Waals surface area contributed by atoms with E-state index >= 15 is 0 Å². The summed E-state index contributed by atoms with van der Waals surface area (Å²) >= 11 is 0.378. The molecule has 0 unspecified atom stereocenters. The van der Waals surface area contributed by atoms with Crippen LogP contribution in [-0.4, -0.2) is 78.5 Å². The zero-order valence-electron chi connectivity index (χ0n) is 29.5. The maximum atomic E-state index is 14.9. The van der Waals surface area contributed by atoms with E-state index in [0.717, 1.165) is 41.2 Å². The summed E-state index contributed by atoms with van der Waals surface area (Å²) in [5.41, 5.74) is -2.08. The van der Waals surface area contributed by atoms with Gasteiger partial charge in [0, 0.05) is 56.3 Å². The van der Waals surface area contributed by atoms with Gasteiger partial charge in [0.25, 0.3) is 11.8 Å². The summed E-state index contributed by atoms with van der Waals surface area (Å²) in [6.07, 6.45) is -5.26. The van der Waals surface area contributed by atoms with Crippen LogP contribution in [0.4, 0.5) is 26.3 Å². The van der Waals surface area contributed by atoms with E-state index in [0.29, 0.717) is 36.7 Å². The Morgan fingerprint density at radius 2 is 1.74 bits per heavy atom. The van der Waals surface area contributed by atoms with Gasteiger partial charge in [-0.3, -0.25) is 24.1 Å². The Kier molecular flexibility index (Phi) is 12.3. The lowest BCUT2D eigenvalue weighted by Gasteiger charge is -2.50. The molecule has 54 heavy (non-hydrogen) atoms. The molecule has 0 radical (unpaired) electrons. The number of aromatic nitrogens is 1. The lowest BCUT2D eigenvalue weighted by atomic mass is 9.78. The van der Waals surface area contributed by atoms with Crippen LogP contribution in [0, 0.1) is 0 Å². The number of nitrogens with one attached hydrogen (secondary N) is 1. The molecule has 5 rings (SSSR count). The molecule has 18 heteroatoms. The van der Waals surface area contributed by atoms with Gasteiger partial charge in [0.15, 0.2) is 0 Å². The summed E-state index contributed by atoms with van der Waals surface area (Å²) in [5.74, 6) is -2.54. The number of pyridine rings is 1. The van der Waals surface area contributed by atoms with Crippen molar-refractivity contribution in [3.8, 4) is 5.75 Å². The fraction of sp³-hybridized carbons (Fsp3) is 0.500. The van der Waals surface area contributed by atoms with E-state index in [-0.39, 0.29) is 63.4 Å². The molecule has 3 aromatic rings. The average Bonchev–Trinajstić information content (AvgIpc) is 3.59. The quantitative estimate of drug-likeness (QED) is 0.211. The van der Waals surface area contributed by atoms with Gasteiger partial charge in [-0.2, -0.15) is 26.3 Å². The van der Waals surface area contributed by atoms with Crippen molar-refractivity contribution >= 4 is 39.1 Å². The van der Waals surface area contributed by atoms with Gasteiger partial charge in [-0.1, -0.05) is 37.6 Å². The molecule has 1 aromatic carbocycles. The number of ether oxygens (including phenoxy) is 1. The fourth-order valence-electron chi connectivity index (χ4n) is 7.43. The van der Waals surface area contributed by atoms with Gasteiger partial charge in [0.05, 0.1) is 23.4 Å². The smallest absolute Gasteiger partial charge is 0.425 e. The van der Waals surface area contributed by atoms with Crippen molar-refractivity contribution in [2.24, 2.45) is 0 Å². The maximum Gasteiger partial charge on any atom is 0.425 e. The second-order valence-electron chi connectivity index (χ2n) is 13.5. The van der Waals surface area contributed by atoms with E-state index in [1.54, 1.807) is 13.0 Å². The molecular weight excluding hydrogens is 763 g/mol. The molecular formula is C36H40F6N4O6S2. The molecule has 0 aliphatic carbocycles. The summed E-state index contributed by atoms with van der Waals surface area (Å²) in [5, 5.41) is 1.13. The molecule has 0 bridgehead atoms. The summed E-state index contributed by atoms with van der Waals surface area (Å²) in [4.78, 5) is 46.6. The number of hydrogen-bond acceptors (Lipinski definition) is 8. The van der Waals surface area contributed by atoms with Crippen molar-refractivity contribution < 1.29 is 53.9 Å². The first-order valence-electron chi connectivity index (χ1n) is 17.4. The molecule has 3 amide bonds. The largest absolute Gasteiger partial charge is 0.474 e. The Balaban J connectivity index is 1.45. The van der Waals surface area contributed by atoms with E-state index in [2.05, 4.69) is 4.98 Å². The minimum atomic E-state index is -4.89. The Bertz CT molecular complexity index is 1940. The van der Waals surface area contributed by atoms with Crippen molar-refractivity contribution in [1.82, 2.24) is 19.5 Å². The van der Waals surface area contributed by atoms with Gasteiger partial charge >= 0.3 is 12.4 Å². The predicted octanol–water partition coefficient (Wildman–Crippen LogP) is 6.82. The number of benzene rings is 1. The molecule has 0 saturated carbocycles. The summed E-state index contributed by atoms with van der Waals surface area (Å²) < 4.78 is 114. The standard InChI is InChI=1S/C36H40F6N4O6S2/c1-3-7-29-34(52-25-20-30(53-22-25)36(40,41)42,15-6-17-46(29)32(48)27-21-43-16-12-28(27)35(37,38)39)33(49)45-18-13-24(14-19-45)26-9-5-4-8-23(26)10-11-31(47)44-54(2,50)51/h4-5,8-9,12,16,20-22,24,29H,3,6-7,10-11,13-15,17-19H2,1-2H3,(H,44,47)/t29-,34+/m1/s1. The number of rotatable bonds is 11. The third-order valence-corrected chi connectivity index (χ3v) is 11.3. The highest BCUT2D eigenvalue weighted by Crippen LogP contribution is 2.43. The summed E-state index contributed by atoms with van der Waals surface area (Å²) in [7, 11) is -3.72. The zero-order chi connectivity index (χ0) is 39.5. The molecule has 1 N–H and O–H groups in total. The van der Waals surface area contributed by atoms with Crippen LogP contribution < -0.4 is 9.46 Å². The van der Waals surface area contributed by atoms with E-state index in [9.17, 15) is 49.1 Å². The van der Waals surface area contributed by atoms with Crippen molar-refractivity contribution in [1.29, 1.82) is 0 Å². The van der Waals surface area contributed by atoms with Gasteiger partial charge < -0.3 is 14.5 Å². The number of halogens is 6. The SMILES string of the molecule is CCC[C@H]1N(C(=O)c2cnccc2C(F)(F)F)CCC[C@@]1(Oc1csc(C(F)(F)F)c1)C(=O)N1CCC(c2ccccc2CCC(=O)NS(C)(=O)=O)CC1. The van der Waals surface area contributed by atoms with Crippen molar-refractivity contribution in [3.05, 3.63) is 81.3 Å². The van der Waals surface area contributed by atoms with Crippen LogP contribution in [-0.2, 0) is 38.4 Å². The number of sulfonamides is 1. The number of piperidine rings is 2. The Morgan fingerprint density at radius 1 is 1.04 bits per heavy atom. The molecule has 294 valence electrons. The highest BCUT2D eigenvalue weighted by Gasteiger charge is 2.56. The number of likely N-dealkylation sites (tertiary alicyclic amines) is 2. The highest BCUT2D eigenvalue weighted by molar-refractivity contribution is 7.89. The van der Waals surface area contributed by atoms with E-state index < -0.39 is 67.7 Å². The molecule has 2 atom stereocenters. The first kappa shape index (κ1) is 41.0. The number of carbonyl (C=O) groups excluding carboxylic acids is 3. The van der Waals surface area contributed by atoms with Crippen LogP contribution in [0.3, 0.4) is 0 Å². The highest BCUT2D eigenvalue weighted by atomic mass is 32.2. The molecule has 2 fully saturated rings. The number of amides is 3. The van der Waals surface area contributed by atoms with Crippen molar-refractivity contribution in [2.75, 3.05) is 25.9 Å². The van der Waals surface area contributed by atoms with Crippen LogP contribution in [0.5, 0.6) is 5.75 Å². The minimum Gasteiger partial charge on any atom is -0.474 e. The van der Waals surface area contributed by atoms with Crippen molar-refractivity contribution in [3.63, 3.8) is 0 Å². The normalized spacial score (nSPS) is 20.1. The van der Waals surface area contributed by atoms with Gasteiger partial charge in [0.1, 0.15) is 10.6 Å². The lowest BCUT2D eigenvalue weighted by molar-refractivity contribution is -0.160. The molecule has 4 heterocycles.